The Labute approximate surface area is 170 Å². The Morgan fingerprint density at radius 2 is 2.10 bits per heavy atom. The van der Waals surface area contributed by atoms with Gasteiger partial charge in [-0.3, -0.25) is 9.59 Å². The molecule has 9 heteroatoms. The van der Waals surface area contributed by atoms with E-state index in [-0.39, 0.29) is 11.8 Å². The highest BCUT2D eigenvalue weighted by Gasteiger charge is 2.36. The van der Waals surface area contributed by atoms with Crippen molar-refractivity contribution in [1.29, 1.82) is 0 Å². The fourth-order valence-electron chi connectivity index (χ4n) is 3.29. The van der Waals surface area contributed by atoms with Gasteiger partial charge in [-0.2, -0.15) is 0 Å². The molecule has 1 aliphatic rings. The summed E-state index contributed by atoms with van der Waals surface area (Å²) in [4.78, 5) is 40.9. The molecular weight excluding hydrogens is 393 g/mol. The van der Waals surface area contributed by atoms with E-state index < -0.39 is 11.9 Å². The summed E-state index contributed by atoms with van der Waals surface area (Å²) in [6.45, 7) is 2.57. The Kier molecular flexibility index (Phi) is 5.30. The van der Waals surface area contributed by atoms with Crippen molar-refractivity contribution in [2.24, 2.45) is 0 Å². The number of halogens is 1. The predicted octanol–water partition coefficient (Wildman–Crippen LogP) is 2.61. The van der Waals surface area contributed by atoms with E-state index in [0.29, 0.717) is 46.5 Å². The number of benzene rings is 1. The van der Waals surface area contributed by atoms with Gasteiger partial charge in [0.1, 0.15) is 16.7 Å². The minimum atomic E-state index is -0.893. The molecule has 0 aliphatic carbocycles. The summed E-state index contributed by atoms with van der Waals surface area (Å²) in [6, 6.07) is 6.59. The van der Waals surface area contributed by atoms with Crippen LogP contribution >= 0.6 is 11.3 Å². The van der Waals surface area contributed by atoms with E-state index in [9.17, 15) is 14.0 Å². The van der Waals surface area contributed by atoms with Crippen molar-refractivity contribution < 1.29 is 14.0 Å². The maximum atomic E-state index is 13.8. The average molecular weight is 411 g/mol. The number of hydrogen-bond acceptors (Lipinski definition) is 6. The van der Waals surface area contributed by atoms with Gasteiger partial charge in [0, 0.05) is 25.5 Å². The number of nitrogens with one attached hydrogen (secondary N) is 1. The van der Waals surface area contributed by atoms with E-state index in [4.69, 9.17) is 0 Å². The number of amides is 2. The topological polar surface area (TPSA) is 88.1 Å². The largest absolute Gasteiger partial charge is 0.352 e. The fraction of sp³-hybridized carbons (Fsp3) is 0.250. The number of carbonyl (C=O) groups is 2. The van der Waals surface area contributed by atoms with Gasteiger partial charge in [-0.1, -0.05) is 19.1 Å². The minimum Gasteiger partial charge on any atom is -0.352 e. The van der Waals surface area contributed by atoms with Gasteiger partial charge in [0.05, 0.1) is 5.69 Å². The van der Waals surface area contributed by atoms with Crippen molar-refractivity contribution in [2.45, 2.75) is 19.4 Å². The molecule has 1 aromatic carbocycles. The maximum absolute atomic E-state index is 13.8. The summed E-state index contributed by atoms with van der Waals surface area (Å²) >= 11 is 1.21. The summed E-state index contributed by atoms with van der Waals surface area (Å²) in [5.41, 5.74) is 1.07. The number of rotatable bonds is 4. The normalized spacial score (nSPS) is 16.6. The number of thiazole rings is 1. The van der Waals surface area contributed by atoms with Crippen molar-refractivity contribution in [3.63, 3.8) is 0 Å². The number of carbonyl (C=O) groups excluding carboxylic acids is 2. The molecule has 0 bridgehead atoms. The predicted molar refractivity (Wildman–Crippen MR) is 106 cm³/mol. The third-order valence-electron chi connectivity index (χ3n) is 4.62. The molecule has 1 saturated heterocycles. The first-order chi connectivity index (χ1) is 14.1. The lowest BCUT2D eigenvalue weighted by atomic mass is 10.0. The molecule has 2 aromatic heterocycles. The van der Waals surface area contributed by atoms with Crippen LogP contribution in [0.5, 0.6) is 0 Å². The lowest BCUT2D eigenvalue weighted by Gasteiger charge is -2.35. The van der Waals surface area contributed by atoms with Crippen LogP contribution in [0, 0.1) is 5.82 Å². The molecule has 1 aliphatic heterocycles. The van der Waals surface area contributed by atoms with Crippen LogP contribution in [-0.4, -0.2) is 44.8 Å². The van der Waals surface area contributed by atoms with E-state index >= 15 is 0 Å². The molecule has 7 nitrogen and oxygen atoms in total. The molecule has 1 unspecified atom stereocenters. The lowest BCUT2D eigenvalue weighted by Crippen LogP contribution is -2.52. The number of piperazine rings is 1. The van der Waals surface area contributed by atoms with Crippen molar-refractivity contribution >= 4 is 23.2 Å². The lowest BCUT2D eigenvalue weighted by molar-refractivity contribution is -0.128. The molecular formula is C20H18FN5O2S. The van der Waals surface area contributed by atoms with E-state index in [1.165, 1.54) is 34.4 Å². The molecule has 0 spiro atoms. The molecule has 1 N–H and O–H groups in total. The summed E-state index contributed by atoms with van der Waals surface area (Å²) in [5.74, 6) is -0.636. The fourth-order valence-corrected chi connectivity index (χ4v) is 4.35. The average Bonchev–Trinajstić information content (AvgIpc) is 3.18. The van der Waals surface area contributed by atoms with Gasteiger partial charge in [-0.15, -0.1) is 11.3 Å². The van der Waals surface area contributed by atoms with Crippen LogP contribution < -0.4 is 5.32 Å². The molecule has 1 atom stereocenters. The third kappa shape index (κ3) is 3.73. The second-order valence-electron chi connectivity index (χ2n) is 6.47. The second kappa shape index (κ2) is 8.04. The van der Waals surface area contributed by atoms with Crippen LogP contribution in [0.3, 0.4) is 0 Å². The second-order valence-corrected chi connectivity index (χ2v) is 7.47. The number of nitrogens with zero attached hydrogens (tertiary/aromatic N) is 4. The molecule has 29 heavy (non-hydrogen) atoms. The monoisotopic (exact) mass is 411 g/mol. The van der Waals surface area contributed by atoms with E-state index in [2.05, 4.69) is 20.3 Å². The Morgan fingerprint density at radius 1 is 1.31 bits per heavy atom. The molecule has 1 fully saturated rings. The minimum absolute atomic E-state index is 0.300. The summed E-state index contributed by atoms with van der Waals surface area (Å²) in [6.07, 6.45) is 3.78. The van der Waals surface area contributed by atoms with Crippen LogP contribution in [0.15, 0.2) is 42.7 Å². The van der Waals surface area contributed by atoms with Gasteiger partial charge in [0.15, 0.2) is 10.8 Å². The first kappa shape index (κ1) is 19.1. The van der Waals surface area contributed by atoms with Gasteiger partial charge in [-0.05, 0) is 30.2 Å². The van der Waals surface area contributed by atoms with Gasteiger partial charge in [-0.25, -0.2) is 19.3 Å². The molecule has 0 radical (unpaired) electrons. The zero-order chi connectivity index (χ0) is 20.4. The Bertz CT molecular complexity index is 1060. The van der Waals surface area contributed by atoms with Crippen LogP contribution in [0.2, 0.25) is 0 Å². The SMILES string of the molecule is CCc1nc(-c2ncccn2)sc1C(=O)N1CCNC(=O)C1c1cccc(F)c1. The summed E-state index contributed by atoms with van der Waals surface area (Å²) in [7, 11) is 0. The van der Waals surface area contributed by atoms with Crippen molar-refractivity contribution in [3.05, 3.63) is 64.7 Å². The van der Waals surface area contributed by atoms with Crippen LogP contribution in [-0.2, 0) is 11.2 Å². The highest BCUT2D eigenvalue weighted by molar-refractivity contribution is 7.17. The van der Waals surface area contributed by atoms with Gasteiger partial charge >= 0.3 is 0 Å². The molecule has 2 amide bonds. The molecule has 3 heterocycles. The first-order valence-corrected chi connectivity index (χ1v) is 10.0. The van der Waals surface area contributed by atoms with Crippen LogP contribution in [0.4, 0.5) is 4.39 Å². The van der Waals surface area contributed by atoms with Crippen LogP contribution in [0.1, 0.15) is 33.9 Å². The van der Waals surface area contributed by atoms with Gasteiger partial charge in [0.2, 0.25) is 5.91 Å². The third-order valence-corrected chi connectivity index (χ3v) is 5.70. The Morgan fingerprint density at radius 3 is 2.83 bits per heavy atom. The Hall–Kier alpha value is -3.20. The molecule has 4 rings (SSSR count). The number of aryl methyl sites for hydroxylation is 1. The van der Waals surface area contributed by atoms with E-state index in [0.717, 1.165) is 0 Å². The highest BCUT2D eigenvalue weighted by Crippen LogP contribution is 2.31. The zero-order valence-electron chi connectivity index (χ0n) is 15.6. The summed E-state index contributed by atoms with van der Waals surface area (Å²) < 4.78 is 13.8. The quantitative estimate of drug-likeness (QED) is 0.713. The molecule has 0 saturated carbocycles. The summed E-state index contributed by atoms with van der Waals surface area (Å²) in [5, 5.41) is 3.31. The number of aromatic nitrogens is 3. The van der Waals surface area contributed by atoms with E-state index in [1.54, 1.807) is 24.5 Å². The standard InChI is InChI=1S/C20H18FN5O2S/c1-2-14-16(29-19(25-14)17-22-7-4-8-23-17)20(28)26-10-9-24-18(27)15(26)12-5-3-6-13(21)11-12/h3-8,11,15H,2,9-10H2,1H3,(H,24,27). The number of hydrogen-bond donors (Lipinski definition) is 1. The van der Waals surface area contributed by atoms with Crippen LogP contribution in [0.25, 0.3) is 10.8 Å². The smallest absolute Gasteiger partial charge is 0.266 e. The maximum Gasteiger partial charge on any atom is 0.266 e. The van der Waals surface area contributed by atoms with Gasteiger partial charge < -0.3 is 10.2 Å². The zero-order valence-corrected chi connectivity index (χ0v) is 16.4. The molecule has 3 aromatic rings. The Balaban J connectivity index is 1.72. The van der Waals surface area contributed by atoms with Crippen molar-refractivity contribution in [3.8, 4) is 10.8 Å². The van der Waals surface area contributed by atoms with Gasteiger partial charge in [0.25, 0.3) is 5.91 Å². The first-order valence-electron chi connectivity index (χ1n) is 9.19. The highest BCUT2D eigenvalue weighted by atomic mass is 32.1. The van der Waals surface area contributed by atoms with Crippen molar-refractivity contribution in [1.82, 2.24) is 25.2 Å². The van der Waals surface area contributed by atoms with Crippen molar-refractivity contribution in [2.75, 3.05) is 13.1 Å². The van der Waals surface area contributed by atoms with E-state index in [1.807, 2.05) is 6.92 Å². The molecule has 148 valence electrons.